The van der Waals surface area contributed by atoms with Crippen molar-refractivity contribution in [2.24, 2.45) is 5.41 Å². The molecular weight excluding hydrogens is 392 g/mol. The zero-order chi connectivity index (χ0) is 20.9. The Hall–Kier alpha value is -2.26. The lowest BCUT2D eigenvalue weighted by molar-refractivity contribution is 0.0727. The molecule has 2 aliphatic rings. The van der Waals surface area contributed by atoms with Gasteiger partial charge in [-0.2, -0.15) is 0 Å². The molecule has 2 bridgehead atoms. The van der Waals surface area contributed by atoms with Gasteiger partial charge in [0.05, 0.1) is 0 Å². The van der Waals surface area contributed by atoms with E-state index in [-0.39, 0.29) is 22.2 Å². The zero-order valence-corrected chi connectivity index (χ0v) is 18.5. The summed E-state index contributed by atoms with van der Waals surface area (Å²) in [5, 5.41) is 1.13. The lowest BCUT2D eigenvalue weighted by Crippen LogP contribution is -2.39. The minimum Gasteiger partial charge on any atom is -0.347 e. The Balaban J connectivity index is 1.35. The fourth-order valence-electron chi connectivity index (χ4n) is 5.87. The first kappa shape index (κ1) is 19.7. The van der Waals surface area contributed by atoms with Crippen molar-refractivity contribution in [3.8, 4) is 0 Å². The van der Waals surface area contributed by atoms with Gasteiger partial charge in [0.1, 0.15) is 0 Å². The Morgan fingerprint density at radius 2 is 1.90 bits per heavy atom. The van der Waals surface area contributed by atoms with E-state index in [4.69, 9.17) is 11.6 Å². The second-order valence-corrected chi connectivity index (χ2v) is 10.8. The summed E-state index contributed by atoms with van der Waals surface area (Å²) in [5.74, 6) is 0.150. The number of benzene rings is 2. The number of fused-ring (bicyclic) bond motifs is 3. The van der Waals surface area contributed by atoms with E-state index in [1.807, 2.05) is 6.07 Å². The molecule has 1 saturated heterocycles. The van der Waals surface area contributed by atoms with Gasteiger partial charge >= 0.3 is 0 Å². The van der Waals surface area contributed by atoms with Crippen LogP contribution in [-0.4, -0.2) is 32.8 Å². The van der Waals surface area contributed by atoms with Crippen LogP contribution in [0.2, 0.25) is 0 Å². The van der Waals surface area contributed by atoms with Gasteiger partial charge in [-0.15, -0.1) is 11.6 Å². The van der Waals surface area contributed by atoms with E-state index in [0.717, 1.165) is 49.7 Å². The number of likely N-dealkylation sites (tertiary alicyclic amines) is 1. The van der Waals surface area contributed by atoms with Crippen LogP contribution in [0.5, 0.6) is 0 Å². The number of rotatable bonds is 4. The quantitative estimate of drug-likeness (QED) is 0.482. The van der Waals surface area contributed by atoms with Gasteiger partial charge in [0.15, 0.2) is 0 Å². The Kier molecular flexibility index (Phi) is 4.70. The van der Waals surface area contributed by atoms with Gasteiger partial charge in [0.2, 0.25) is 0 Å². The van der Waals surface area contributed by atoms with Crippen molar-refractivity contribution in [1.29, 1.82) is 0 Å². The van der Waals surface area contributed by atoms with E-state index < -0.39 is 0 Å². The monoisotopic (exact) mass is 420 g/mol. The second kappa shape index (κ2) is 7.16. The van der Waals surface area contributed by atoms with Crippen molar-refractivity contribution >= 4 is 28.4 Å². The van der Waals surface area contributed by atoms with Gasteiger partial charge in [-0.1, -0.05) is 37.3 Å². The van der Waals surface area contributed by atoms with E-state index in [2.05, 4.69) is 78.0 Å². The van der Waals surface area contributed by atoms with Crippen molar-refractivity contribution in [2.45, 2.75) is 57.0 Å². The Morgan fingerprint density at radius 3 is 2.70 bits per heavy atom. The molecule has 30 heavy (non-hydrogen) atoms. The number of carbonyl (C=O) groups excluding carboxylic acids is 1. The van der Waals surface area contributed by atoms with E-state index in [9.17, 15) is 4.79 Å². The number of hydrogen-bond donors (Lipinski definition) is 0. The fraction of sp³-hybridized carbons (Fsp3) is 0.423. The third kappa shape index (κ3) is 3.65. The Labute approximate surface area is 183 Å². The van der Waals surface area contributed by atoms with Crippen molar-refractivity contribution in [3.05, 3.63) is 71.9 Å². The van der Waals surface area contributed by atoms with Gasteiger partial charge < -0.3 is 9.47 Å². The molecule has 1 aliphatic carbocycles. The van der Waals surface area contributed by atoms with E-state index in [1.165, 1.54) is 11.1 Å². The first-order valence-electron chi connectivity index (χ1n) is 10.9. The first-order valence-corrected chi connectivity index (χ1v) is 11.3. The highest BCUT2D eigenvalue weighted by Gasteiger charge is 2.52. The van der Waals surface area contributed by atoms with Crippen LogP contribution in [0.15, 0.2) is 60.8 Å². The van der Waals surface area contributed by atoms with Crippen LogP contribution in [0, 0.1) is 5.41 Å². The molecule has 0 radical (unpaired) electrons. The van der Waals surface area contributed by atoms with Crippen LogP contribution in [0.3, 0.4) is 0 Å². The molecule has 0 N–H and O–H groups in total. The smallest absolute Gasteiger partial charge is 0.254 e. The minimum atomic E-state index is -0.202. The molecule has 156 valence electrons. The zero-order valence-electron chi connectivity index (χ0n) is 17.8. The number of carbonyl (C=O) groups is 1. The predicted molar refractivity (Wildman–Crippen MR) is 123 cm³/mol. The van der Waals surface area contributed by atoms with Crippen LogP contribution in [0.25, 0.3) is 10.9 Å². The maximum atomic E-state index is 13.4. The number of aryl methyl sites for hydroxylation is 2. The second-order valence-electron chi connectivity index (χ2n) is 9.91. The topological polar surface area (TPSA) is 25.2 Å². The van der Waals surface area contributed by atoms with Crippen molar-refractivity contribution in [3.63, 3.8) is 0 Å². The molecule has 3 unspecified atom stereocenters. The van der Waals surface area contributed by atoms with Crippen LogP contribution in [0.1, 0.15) is 49.0 Å². The lowest BCUT2D eigenvalue weighted by Gasteiger charge is -2.37. The molecular formula is C26H29ClN2O. The SMILES string of the molecule is CC1(Cl)CC2CC(C)(CN2C(=O)c2ccc3c(ccn3CCc3ccccc3)c2)C1. The van der Waals surface area contributed by atoms with Crippen molar-refractivity contribution in [2.75, 3.05) is 6.54 Å². The summed E-state index contributed by atoms with van der Waals surface area (Å²) in [6.07, 6.45) is 6.06. The van der Waals surface area contributed by atoms with Crippen molar-refractivity contribution in [1.82, 2.24) is 9.47 Å². The summed E-state index contributed by atoms with van der Waals surface area (Å²) < 4.78 is 2.28. The standard InChI is InChI=1S/C26H29ClN2O/c1-25-15-22(16-26(2,27)17-25)29(18-25)24(30)21-8-9-23-20(14-21)11-13-28(23)12-10-19-6-4-3-5-7-19/h3-9,11,13-14,22H,10,12,15-18H2,1-2H3. The highest BCUT2D eigenvalue weighted by atomic mass is 35.5. The van der Waals surface area contributed by atoms with E-state index >= 15 is 0 Å². The van der Waals surface area contributed by atoms with E-state index in [0.29, 0.717) is 0 Å². The minimum absolute atomic E-state index is 0.139. The Bertz CT molecular complexity index is 1090. The van der Waals surface area contributed by atoms with E-state index in [1.54, 1.807) is 0 Å². The summed E-state index contributed by atoms with van der Waals surface area (Å²) in [7, 11) is 0. The summed E-state index contributed by atoms with van der Waals surface area (Å²) in [6, 6.07) is 19.1. The third-order valence-corrected chi connectivity index (χ3v) is 7.23. The molecule has 1 saturated carbocycles. The number of nitrogens with zero attached hydrogens (tertiary/aromatic N) is 2. The van der Waals surface area contributed by atoms with Gasteiger partial charge in [-0.05, 0) is 67.9 Å². The number of aromatic nitrogens is 1. The van der Waals surface area contributed by atoms with Gasteiger partial charge in [0, 0.05) is 46.7 Å². The number of hydrogen-bond acceptors (Lipinski definition) is 1. The molecule has 2 aromatic carbocycles. The molecule has 5 rings (SSSR count). The lowest BCUT2D eigenvalue weighted by atomic mass is 9.72. The molecule has 3 atom stereocenters. The van der Waals surface area contributed by atoms with Gasteiger partial charge in [-0.3, -0.25) is 4.79 Å². The number of amides is 1. The normalized spacial score (nSPS) is 28.2. The molecule has 3 nitrogen and oxygen atoms in total. The highest BCUT2D eigenvalue weighted by Crippen LogP contribution is 2.51. The highest BCUT2D eigenvalue weighted by molar-refractivity contribution is 6.23. The number of alkyl halides is 1. The molecule has 4 heteroatoms. The van der Waals surface area contributed by atoms with Gasteiger partial charge in [-0.25, -0.2) is 0 Å². The van der Waals surface area contributed by atoms with Crippen molar-refractivity contribution < 1.29 is 4.79 Å². The first-order chi connectivity index (χ1) is 14.3. The summed E-state index contributed by atoms with van der Waals surface area (Å²) in [6.45, 7) is 6.15. The van der Waals surface area contributed by atoms with Crippen LogP contribution in [0.4, 0.5) is 0 Å². The molecule has 0 spiro atoms. The average Bonchev–Trinajstić information content (AvgIpc) is 3.22. The third-order valence-electron chi connectivity index (χ3n) is 6.94. The maximum Gasteiger partial charge on any atom is 0.254 e. The molecule has 3 aromatic rings. The summed E-state index contributed by atoms with van der Waals surface area (Å²) >= 11 is 6.72. The Morgan fingerprint density at radius 1 is 1.10 bits per heavy atom. The fourth-order valence-corrected chi connectivity index (χ4v) is 6.37. The molecule has 2 heterocycles. The van der Waals surface area contributed by atoms with Crippen LogP contribution in [-0.2, 0) is 13.0 Å². The van der Waals surface area contributed by atoms with Crippen LogP contribution < -0.4 is 0 Å². The van der Waals surface area contributed by atoms with Gasteiger partial charge in [0.25, 0.3) is 5.91 Å². The molecule has 2 fully saturated rings. The maximum absolute atomic E-state index is 13.4. The molecule has 1 aromatic heterocycles. The molecule has 1 amide bonds. The predicted octanol–water partition coefficient (Wildman–Crippen LogP) is 5.90. The summed E-state index contributed by atoms with van der Waals surface area (Å²) in [5.41, 5.74) is 3.45. The summed E-state index contributed by atoms with van der Waals surface area (Å²) in [4.78, 5) is 15.3. The largest absolute Gasteiger partial charge is 0.347 e. The number of halogens is 1. The molecule has 1 aliphatic heterocycles. The van der Waals surface area contributed by atoms with Crippen LogP contribution >= 0.6 is 11.6 Å². The average molecular weight is 421 g/mol.